The van der Waals surface area contributed by atoms with Gasteiger partial charge in [-0.15, -0.1) is 11.3 Å². The van der Waals surface area contributed by atoms with Crippen LogP contribution >= 0.6 is 11.3 Å². The summed E-state index contributed by atoms with van der Waals surface area (Å²) in [6.07, 6.45) is 0. The predicted octanol–water partition coefficient (Wildman–Crippen LogP) is 3.32. The van der Waals surface area contributed by atoms with E-state index in [0.29, 0.717) is 6.61 Å². The number of hydrogen-bond donors (Lipinski definition) is 2. The molecule has 1 aromatic heterocycles. The second kappa shape index (κ2) is 6.19. The Bertz CT molecular complexity index is 531. The molecule has 0 fully saturated rings. The lowest BCUT2D eigenvalue weighted by Gasteiger charge is -2.15. The first kappa shape index (κ1) is 14.1. The Morgan fingerprint density at radius 1 is 1.32 bits per heavy atom. The van der Waals surface area contributed by atoms with Crippen LogP contribution in [0.5, 0.6) is 5.75 Å². The summed E-state index contributed by atoms with van der Waals surface area (Å²) in [5.74, 6) is 6.62. The van der Waals surface area contributed by atoms with Gasteiger partial charge in [0.1, 0.15) is 5.75 Å². The number of benzene rings is 1. The van der Waals surface area contributed by atoms with Crippen molar-refractivity contribution in [3.63, 3.8) is 0 Å². The number of nitrogens with two attached hydrogens (primary N) is 1. The summed E-state index contributed by atoms with van der Waals surface area (Å²) in [5.41, 5.74) is 5.33. The van der Waals surface area contributed by atoms with Crippen molar-refractivity contribution in [2.45, 2.75) is 26.8 Å². The normalized spacial score (nSPS) is 12.4. The van der Waals surface area contributed by atoms with E-state index < -0.39 is 0 Å². The molecule has 1 aromatic carbocycles. The predicted molar refractivity (Wildman–Crippen MR) is 80.6 cm³/mol. The Morgan fingerprint density at radius 2 is 2.11 bits per heavy atom. The zero-order chi connectivity index (χ0) is 13.8. The van der Waals surface area contributed by atoms with Crippen LogP contribution < -0.4 is 16.0 Å². The van der Waals surface area contributed by atoms with E-state index in [9.17, 15) is 0 Å². The van der Waals surface area contributed by atoms with Gasteiger partial charge in [-0.1, -0.05) is 12.1 Å². The third-order valence-corrected chi connectivity index (χ3v) is 4.36. The zero-order valence-electron chi connectivity index (χ0n) is 11.6. The SMILES string of the molecule is CCOc1cccc(C(NN)c2cc(C)c(C)s2)c1. The van der Waals surface area contributed by atoms with Crippen LogP contribution in [0.2, 0.25) is 0 Å². The van der Waals surface area contributed by atoms with Crippen LogP contribution in [0.3, 0.4) is 0 Å². The van der Waals surface area contributed by atoms with Gasteiger partial charge in [0.2, 0.25) is 0 Å². The number of ether oxygens (including phenoxy) is 1. The average Bonchev–Trinajstić information content (AvgIpc) is 2.71. The molecule has 0 amide bonds. The van der Waals surface area contributed by atoms with Gasteiger partial charge in [0, 0.05) is 9.75 Å². The molecule has 3 N–H and O–H groups in total. The summed E-state index contributed by atoms with van der Waals surface area (Å²) < 4.78 is 5.54. The molecule has 1 unspecified atom stereocenters. The van der Waals surface area contributed by atoms with Crippen molar-refractivity contribution in [1.82, 2.24) is 5.43 Å². The lowest BCUT2D eigenvalue weighted by Crippen LogP contribution is -2.28. The zero-order valence-corrected chi connectivity index (χ0v) is 12.4. The van der Waals surface area contributed by atoms with Crippen molar-refractivity contribution >= 4 is 11.3 Å². The number of nitrogens with one attached hydrogen (secondary N) is 1. The molecule has 19 heavy (non-hydrogen) atoms. The summed E-state index contributed by atoms with van der Waals surface area (Å²) in [6.45, 7) is 6.91. The molecule has 0 radical (unpaired) electrons. The summed E-state index contributed by atoms with van der Waals surface area (Å²) in [7, 11) is 0. The number of aryl methyl sites for hydroxylation is 2. The molecule has 102 valence electrons. The Kier molecular flexibility index (Phi) is 4.58. The largest absolute Gasteiger partial charge is 0.494 e. The van der Waals surface area contributed by atoms with Crippen LogP contribution in [0.1, 0.15) is 33.8 Å². The molecular formula is C15H20N2OS. The maximum Gasteiger partial charge on any atom is 0.119 e. The topological polar surface area (TPSA) is 47.3 Å². The molecule has 0 aliphatic rings. The van der Waals surface area contributed by atoms with Gasteiger partial charge in [0.05, 0.1) is 12.6 Å². The van der Waals surface area contributed by atoms with Gasteiger partial charge < -0.3 is 4.74 Å². The highest BCUT2D eigenvalue weighted by Gasteiger charge is 2.16. The monoisotopic (exact) mass is 276 g/mol. The first-order valence-electron chi connectivity index (χ1n) is 6.41. The van der Waals surface area contributed by atoms with Gasteiger partial charge in [0.25, 0.3) is 0 Å². The number of hydrogen-bond acceptors (Lipinski definition) is 4. The van der Waals surface area contributed by atoms with Gasteiger partial charge in [-0.05, 0) is 50.1 Å². The molecule has 0 aliphatic heterocycles. The fraction of sp³-hybridized carbons (Fsp3) is 0.333. The smallest absolute Gasteiger partial charge is 0.119 e. The van der Waals surface area contributed by atoms with Crippen molar-refractivity contribution in [2.24, 2.45) is 5.84 Å². The molecule has 0 saturated carbocycles. The lowest BCUT2D eigenvalue weighted by molar-refractivity contribution is 0.339. The van der Waals surface area contributed by atoms with Crippen molar-refractivity contribution in [3.8, 4) is 5.75 Å². The molecule has 0 spiro atoms. The molecule has 0 aliphatic carbocycles. The van der Waals surface area contributed by atoms with Gasteiger partial charge in [-0.3, -0.25) is 5.84 Å². The molecule has 3 nitrogen and oxygen atoms in total. The van der Waals surface area contributed by atoms with Gasteiger partial charge in [0.15, 0.2) is 0 Å². The summed E-state index contributed by atoms with van der Waals surface area (Å²) in [6, 6.07) is 10.3. The Hall–Kier alpha value is -1.36. The van der Waals surface area contributed by atoms with Crippen LogP contribution in [-0.2, 0) is 0 Å². The van der Waals surface area contributed by atoms with E-state index in [4.69, 9.17) is 10.6 Å². The van der Waals surface area contributed by atoms with Crippen LogP contribution in [0.4, 0.5) is 0 Å². The molecule has 2 rings (SSSR count). The van der Waals surface area contributed by atoms with Crippen LogP contribution in [0, 0.1) is 13.8 Å². The highest BCUT2D eigenvalue weighted by molar-refractivity contribution is 7.12. The van der Waals surface area contributed by atoms with E-state index in [1.54, 1.807) is 11.3 Å². The second-order valence-corrected chi connectivity index (χ2v) is 5.78. The minimum Gasteiger partial charge on any atom is -0.494 e. The van der Waals surface area contributed by atoms with Crippen molar-refractivity contribution in [3.05, 3.63) is 51.2 Å². The van der Waals surface area contributed by atoms with E-state index in [1.165, 1.54) is 15.3 Å². The lowest BCUT2D eigenvalue weighted by atomic mass is 10.1. The highest BCUT2D eigenvalue weighted by atomic mass is 32.1. The molecule has 1 heterocycles. The number of rotatable bonds is 5. The molecule has 1 atom stereocenters. The van der Waals surface area contributed by atoms with E-state index in [1.807, 2.05) is 25.1 Å². The average molecular weight is 276 g/mol. The summed E-state index contributed by atoms with van der Waals surface area (Å²) >= 11 is 1.78. The standard InChI is InChI=1S/C15H20N2OS/c1-4-18-13-7-5-6-12(9-13)15(17-16)14-8-10(2)11(3)19-14/h5-9,15,17H,4,16H2,1-3H3. The van der Waals surface area contributed by atoms with Gasteiger partial charge >= 0.3 is 0 Å². The van der Waals surface area contributed by atoms with Gasteiger partial charge in [-0.25, -0.2) is 5.43 Å². The van der Waals surface area contributed by atoms with E-state index in [-0.39, 0.29) is 6.04 Å². The number of hydrazine groups is 1. The summed E-state index contributed by atoms with van der Waals surface area (Å²) in [5, 5.41) is 0. The minimum atomic E-state index is 0.0119. The van der Waals surface area contributed by atoms with Crippen molar-refractivity contribution in [2.75, 3.05) is 6.61 Å². The molecular weight excluding hydrogens is 256 g/mol. The van der Waals surface area contributed by atoms with Crippen molar-refractivity contribution < 1.29 is 4.74 Å². The number of thiophene rings is 1. The van der Waals surface area contributed by atoms with E-state index in [2.05, 4.69) is 31.4 Å². The second-order valence-electron chi connectivity index (χ2n) is 4.49. The van der Waals surface area contributed by atoms with Gasteiger partial charge in [-0.2, -0.15) is 0 Å². The maximum absolute atomic E-state index is 5.74. The van der Waals surface area contributed by atoms with Crippen LogP contribution in [0.15, 0.2) is 30.3 Å². The molecule has 2 aromatic rings. The van der Waals surface area contributed by atoms with Crippen LogP contribution in [-0.4, -0.2) is 6.61 Å². The Labute approximate surface area is 118 Å². The molecule has 0 saturated heterocycles. The first-order valence-corrected chi connectivity index (χ1v) is 7.23. The Morgan fingerprint density at radius 3 is 2.68 bits per heavy atom. The molecule has 0 bridgehead atoms. The highest BCUT2D eigenvalue weighted by Crippen LogP contribution is 2.31. The van der Waals surface area contributed by atoms with Crippen molar-refractivity contribution in [1.29, 1.82) is 0 Å². The fourth-order valence-corrected chi connectivity index (χ4v) is 3.17. The third-order valence-electron chi connectivity index (χ3n) is 3.14. The minimum absolute atomic E-state index is 0.0119. The van der Waals surface area contributed by atoms with Crippen LogP contribution in [0.25, 0.3) is 0 Å². The quantitative estimate of drug-likeness (QED) is 0.650. The summed E-state index contributed by atoms with van der Waals surface area (Å²) in [4.78, 5) is 2.56. The third kappa shape index (κ3) is 3.15. The first-order chi connectivity index (χ1) is 9.15. The van der Waals surface area contributed by atoms with E-state index in [0.717, 1.165) is 11.3 Å². The Balaban J connectivity index is 2.33. The fourth-order valence-electron chi connectivity index (χ4n) is 2.04. The van der Waals surface area contributed by atoms with E-state index >= 15 is 0 Å². The molecule has 4 heteroatoms. The maximum atomic E-state index is 5.74.